The molecule has 0 spiro atoms. The monoisotopic (exact) mass is 331 g/mol. The first-order valence-corrected chi connectivity index (χ1v) is 7.05. The Morgan fingerprint density at radius 3 is 2.22 bits per heavy atom. The normalized spacial score (nSPS) is 19.3. The van der Waals surface area contributed by atoms with E-state index in [-0.39, 0.29) is 6.61 Å². The first-order valence-electron chi connectivity index (χ1n) is 7.05. The molecule has 0 aliphatic carbocycles. The van der Waals surface area contributed by atoms with Crippen molar-refractivity contribution in [3.05, 3.63) is 0 Å². The molecule has 0 aromatic carbocycles. The van der Waals surface area contributed by atoms with Gasteiger partial charge in [0.05, 0.1) is 46.2 Å². The number of ether oxygens (including phenoxy) is 4. The maximum atomic E-state index is 12.2. The van der Waals surface area contributed by atoms with Crippen molar-refractivity contribution in [1.82, 2.24) is 5.32 Å². The van der Waals surface area contributed by atoms with Gasteiger partial charge in [-0.25, -0.2) is 4.79 Å². The molecule has 0 saturated carbocycles. The van der Waals surface area contributed by atoms with E-state index < -0.39 is 48.1 Å². The molecule has 1 amide bonds. The fourth-order valence-electron chi connectivity index (χ4n) is 2.21. The van der Waals surface area contributed by atoms with Crippen LogP contribution in [0, 0.1) is 11.8 Å². The van der Waals surface area contributed by atoms with E-state index in [0.717, 1.165) is 21.3 Å². The molecule has 0 unspecified atom stereocenters. The molecule has 9 nitrogen and oxygen atoms in total. The molecule has 0 bridgehead atoms. The summed E-state index contributed by atoms with van der Waals surface area (Å²) in [6.45, 7) is 0.684. The molecule has 3 atom stereocenters. The largest absolute Gasteiger partial charge is 0.469 e. The maximum Gasteiger partial charge on any atom is 0.329 e. The molecule has 0 aromatic rings. The van der Waals surface area contributed by atoms with Crippen LogP contribution in [0.3, 0.4) is 0 Å². The Kier molecular flexibility index (Phi) is 7.46. The lowest BCUT2D eigenvalue weighted by molar-refractivity contribution is -0.159. The minimum atomic E-state index is -1.35. The summed E-state index contributed by atoms with van der Waals surface area (Å²) in [4.78, 5) is 47.5. The quantitative estimate of drug-likeness (QED) is 0.468. The van der Waals surface area contributed by atoms with E-state index in [1.54, 1.807) is 0 Å². The zero-order valence-electron chi connectivity index (χ0n) is 13.3. The van der Waals surface area contributed by atoms with Gasteiger partial charge in [0.2, 0.25) is 5.91 Å². The number of nitrogens with one attached hydrogen (secondary N) is 1. The van der Waals surface area contributed by atoms with E-state index in [1.807, 2.05) is 0 Å². The lowest BCUT2D eigenvalue weighted by atomic mass is 9.95. The third-order valence-corrected chi connectivity index (χ3v) is 3.57. The van der Waals surface area contributed by atoms with Crippen LogP contribution in [0.5, 0.6) is 0 Å². The van der Waals surface area contributed by atoms with Crippen molar-refractivity contribution in [3.8, 4) is 0 Å². The molecule has 1 aliphatic heterocycles. The average Bonchev–Trinajstić information content (AvgIpc) is 3.10. The van der Waals surface area contributed by atoms with E-state index in [4.69, 9.17) is 4.74 Å². The van der Waals surface area contributed by atoms with Gasteiger partial charge in [0.25, 0.3) is 0 Å². The van der Waals surface area contributed by atoms with E-state index in [1.165, 1.54) is 0 Å². The summed E-state index contributed by atoms with van der Waals surface area (Å²) in [5, 5.41) is 2.45. The van der Waals surface area contributed by atoms with Crippen LogP contribution >= 0.6 is 0 Å². The standard InChI is InChI=1S/C14H21NO8/c1-20-10(16)6-9(13(18)21-2)11(14(19)22-3)15-12(17)8-4-5-23-7-8/h8-9,11H,4-7H2,1-3H3,(H,15,17)/t8-,9-,11+/m0/s1. The average molecular weight is 331 g/mol. The zero-order chi connectivity index (χ0) is 17.4. The van der Waals surface area contributed by atoms with Crippen molar-refractivity contribution in [2.75, 3.05) is 34.5 Å². The van der Waals surface area contributed by atoms with Gasteiger partial charge in [0.1, 0.15) is 6.04 Å². The smallest absolute Gasteiger partial charge is 0.329 e. The van der Waals surface area contributed by atoms with E-state index in [2.05, 4.69) is 19.5 Å². The van der Waals surface area contributed by atoms with Gasteiger partial charge in [-0.1, -0.05) is 0 Å². The number of amides is 1. The van der Waals surface area contributed by atoms with Gasteiger partial charge in [-0.3, -0.25) is 14.4 Å². The Bertz CT molecular complexity index is 458. The van der Waals surface area contributed by atoms with Crippen LogP contribution in [0.1, 0.15) is 12.8 Å². The summed E-state index contributed by atoms with van der Waals surface area (Å²) in [5.74, 6) is -4.50. The molecule has 1 saturated heterocycles. The topological polar surface area (TPSA) is 117 Å². The number of hydrogen-bond acceptors (Lipinski definition) is 8. The molecule has 0 aromatic heterocycles. The van der Waals surface area contributed by atoms with E-state index in [9.17, 15) is 19.2 Å². The summed E-state index contributed by atoms with van der Waals surface area (Å²) in [6, 6.07) is -1.35. The summed E-state index contributed by atoms with van der Waals surface area (Å²) < 4.78 is 18.9. The molecule has 9 heteroatoms. The second-order valence-electron chi connectivity index (χ2n) is 4.98. The van der Waals surface area contributed by atoms with Crippen molar-refractivity contribution in [2.24, 2.45) is 11.8 Å². The Labute approximate surface area is 133 Å². The summed E-state index contributed by atoms with van der Waals surface area (Å²) in [5.41, 5.74) is 0. The van der Waals surface area contributed by atoms with Crippen LogP contribution < -0.4 is 5.32 Å². The molecule has 1 fully saturated rings. The molecule has 0 radical (unpaired) electrons. The Morgan fingerprint density at radius 2 is 1.74 bits per heavy atom. The third kappa shape index (κ3) is 5.20. The highest BCUT2D eigenvalue weighted by Gasteiger charge is 2.40. The van der Waals surface area contributed by atoms with Crippen LogP contribution in [0.4, 0.5) is 0 Å². The fourth-order valence-corrected chi connectivity index (χ4v) is 2.21. The number of methoxy groups -OCH3 is 3. The summed E-state index contributed by atoms with van der Waals surface area (Å²) in [6.07, 6.45) is 0.0873. The molecule has 130 valence electrons. The van der Waals surface area contributed by atoms with Gasteiger partial charge in [-0.05, 0) is 6.42 Å². The first kappa shape index (κ1) is 18.9. The minimum Gasteiger partial charge on any atom is -0.469 e. The lowest BCUT2D eigenvalue weighted by Crippen LogP contribution is -2.51. The molecular formula is C14H21NO8. The van der Waals surface area contributed by atoms with Gasteiger partial charge in [0.15, 0.2) is 0 Å². The van der Waals surface area contributed by atoms with Gasteiger partial charge < -0.3 is 24.3 Å². The molecule has 1 aliphatic rings. The zero-order valence-corrected chi connectivity index (χ0v) is 13.3. The SMILES string of the molecule is COC(=O)C[C@H](C(=O)OC)[C@@H](NC(=O)[C@H]1CCOC1)C(=O)OC. The van der Waals surface area contributed by atoms with Crippen LogP contribution in [-0.2, 0) is 38.1 Å². The van der Waals surface area contributed by atoms with Crippen molar-refractivity contribution in [3.63, 3.8) is 0 Å². The predicted octanol–water partition coefficient (Wildman–Crippen LogP) is -0.967. The highest BCUT2D eigenvalue weighted by Crippen LogP contribution is 2.17. The molecule has 1 heterocycles. The van der Waals surface area contributed by atoms with Gasteiger partial charge in [-0.2, -0.15) is 0 Å². The van der Waals surface area contributed by atoms with Gasteiger partial charge in [-0.15, -0.1) is 0 Å². The van der Waals surface area contributed by atoms with E-state index in [0.29, 0.717) is 13.0 Å². The summed E-state index contributed by atoms with van der Waals surface area (Å²) >= 11 is 0. The van der Waals surface area contributed by atoms with Gasteiger partial charge in [0, 0.05) is 6.61 Å². The number of carbonyl (C=O) groups is 4. The Balaban J connectivity index is 2.93. The van der Waals surface area contributed by atoms with Crippen molar-refractivity contribution in [2.45, 2.75) is 18.9 Å². The fraction of sp³-hybridized carbons (Fsp3) is 0.714. The second-order valence-corrected chi connectivity index (χ2v) is 4.98. The number of rotatable bonds is 7. The highest BCUT2D eigenvalue weighted by molar-refractivity contribution is 5.91. The van der Waals surface area contributed by atoms with Crippen molar-refractivity contribution in [1.29, 1.82) is 0 Å². The van der Waals surface area contributed by atoms with E-state index >= 15 is 0 Å². The molecule has 23 heavy (non-hydrogen) atoms. The minimum absolute atomic E-state index is 0.236. The second kappa shape index (κ2) is 9.09. The maximum absolute atomic E-state index is 12.2. The molecule has 1 rings (SSSR count). The first-order chi connectivity index (χ1) is 10.9. The van der Waals surface area contributed by atoms with Crippen molar-refractivity contribution >= 4 is 23.8 Å². The number of esters is 3. The van der Waals surface area contributed by atoms with Crippen LogP contribution in [-0.4, -0.2) is 64.4 Å². The Hall–Kier alpha value is -2.16. The van der Waals surface area contributed by atoms with Crippen molar-refractivity contribution < 1.29 is 38.1 Å². The number of carbonyl (C=O) groups excluding carboxylic acids is 4. The third-order valence-electron chi connectivity index (χ3n) is 3.57. The number of hydrogen-bond donors (Lipinski definition) is 1. The lowest BCUT2D eigenvalue weighted by Gasteiger charge is -2.24. The van der Waals surface area contributed by atoms with Gasteiger partial charge >= 0.3 is 17.9 Å². The Morgan fingerprint density at radius 1 is 1.09 bits per heavy atom. The summed E-state index contributed by atoms with van der Waals surface area (Å²) in [7, 11) is 3.39. The van der Waals surface area contributed by atoms with Crippen LogP contribution in [0.15, 0.2) is 0 Å². The predicted molar refractivity (Wildman–Crippen MR) is 75.0 cm³/mol. The molecule has 1 N–H and O–H groups in total. The van der Waals surface area contributed by atoms with Crippen LogP contribution in [0.2, 0.25) is 0 Å². The molecular weight excluding hydrogens is 310 g/mol. The highest BCUT2D eigenvalue weighted by atomic mass is 16.5. The van der Waals surface area contributed by atoms with Crippen LogP contribution in [0.25, 0.3) is 0 Å².